The predicted octanol–water partition coefficient (Wildman–Crippen LogP) is 2.83. The zero-order chi connectivity index (χ0) is 25.2. The quantitative estimate of drug-likeness (QED) is 0.323. The van der Waals surface area contributed by atoms with Crippen LogP contribution in [0.1, 0.15) is 66.2 Å². The van der Waals surface area contributed by atoms with Gasteiger partial charge in [0.1, 0.15) is 6.79 Å². The van der Waals surface area contributed by atoms with E-state index in [1.54, 1.807) is 0 Å². The van der Waals surface area contributed by atoms with Crippen molar-refractivity contribution in [1.29, 1.82) is 0 Å². The summed E-state index contributed by atoms with van der Waals surface area (Å²) in [6.45, 7) is 16.6. The van der Waals surface area contributed by atoms with Crippen molar-refractivity contribution < 1.29 is 24.8 Å². The molecule has 7 heteroatoms. The molecule has 0 aromatic carbocycles. The molecule has 5 atom stereocenters. The second-order valence-corrected chi connectivity index (χ2v) is 11.9. The van der Waals surface area contributed by atoms with Gasteiger partial charge in [-0.25, -0.2) is 0 Å². The first-order chi connectivity index (χ1) is 16.2. The average molecular weight is 487 g/mol. The van der Waals surface area contributed by atoms with E-state index in [0.717, 1.165) is 63.5 Å². The summed E-state index contributed by atoms with van der Waals surface area (Å²) in [7, 11) is 1.43. The molecule has 7 nitrogen and oxygen atoms in total. The molecule has 1 aliphatic heterocycles. The Bertz CT molecular complexity index is 553. The lowest BCUT2D eigenvalue weighted by Gasteiger charge is -2.59. The molecule has 0 bridgehead atoms. The van der Waals surface area contributed by atoms with E-state index in [4.69, 9.17) is 14.9 Å². The van der Waals surface area contributed by atoms with Crippen LogP contribution in [0, 0.1) is 28.6 Å². The van der Waals surface area contributed by atoms with Crippen LogP contribution in [-0.2, 0) is 9.47 Å². The van der Waals surface area contributed by atoms with Crippen LogP contribution in [-0.4, -0.2) is 104 Å². The summed E-state index contributed by atoms with van der Waals surface area (Å²) >= 11 is 0. The molecule has 2 saturated carbocycles. The number of hydrogen-bond donors (Lipinski definition) is 3. The Morgan fingerprint density at radius 3 is 2.26 bits per heavy atom. The largest absolute Gasteiger partial charge is 0.395 e. The number of β-amino-alcohol motifs (C(OH)–C–C–N with tert-alkyl or cyclic N) is 2. The number of aliphatic hydroxyl groups is 3. The van der Waals surface area contributed by atoms with Crippen LogP contribution >= 0.6 is 0 Å². The predicted molar refractivity (Wildman–Crippen MR) is 137 cm³/mol. The van der Waals surface area contributed by atoms with Gasteiger partial charge in [-0.1, -0.05) is 40.5 Å². The van der Waals surface area contributed by atoms with Crippen LogP contribution in [0.3, 0.4) is 0 Å². The molecule has 3 N–H and O–H groups in total. The molecule has 0 spiro atoms. The summed E-state index contributed by atoms with van der Waals surface area (Å²) in [6.07, 6.45) is 7.61. The molecule has 1 saturated heterocycles. The molecule has 1 heterocycles. The molecule has 3 fully saturated rings. The van der Waals surface area contributed by atoms with Gasteiger partial charge < -0.3 is 24.8 Å². The number of fused-ring (bicyclic) bond motifs is 1. The van der Waals surface area contributed by atoms with E-state index in [0.29, 0.717) is 24.0 Å². The highest BCUT2D eigenvalue weighted by Crippen LogP contribution is 2.61. The van der Waals surface area contributed by atoms with Crippen molar-refractivity contribution in [3.05, 3.63) is 0 Å². The first kappa shape index (κ1) is 29.9. The van der Waals surface area contributed by atoms with Crippen LogP contribution in [0.2, 0.25) is 0 Å². The third-order valence-corrected chi connectivity index (χ3v) is 9.08. The van der Waals surface area contributed by atoms with Gasteiger partial charge in [0.2, 0.25) is 0 Å². The summed E-state index contributed by atoms with van der Waals surface area (Å²) in [4.78, 5) is 4.60. The van der Waals surface area contributed by atoms with E-state index >= 15 is 0 Å². The maximum Gasteiger partial charge on any atom is 0.143 e. The Balaban J connectivity index is 0.000000945. The highest BCUT2D eigenvalue weighted by molar-refractivity contribution is 5.02. The fraction of sp³-hybridized carbons (Fsp3) is 1.00. The van der Waals surface area contributed by atoms with Gasteiger partial charge in [0.15, 0.2) is 0 Å². The molecule has 3 aliphatic rings. The average Bonchev–Trinajstić information content (AvgIpc) is 2.79. The lowest BCUT2D eigenvalue weighted by atomic mass is 9.46. The second-order valence-electron chi connectivity index (χ2n) is 11.9. The summed E-state index contributed by atoms with van der Waals surface area (Å²) < 4.78 is 10.1. The van der Waals surface area contributed by atoms with Crippen molar-refractivity contribution >= 4 is 0 Å². The van der Waals surface area contributed by atoms with Crippen molar-refractivity contribution in [3.8, 4) is 0 Å². The summed E-state index contributed by atoms with van der Waals surface area (Å²) in [5.74, 6) is 2.37. The lowest BCUT2D eigenvalue weighted by molar-refractivity contribution is -0.103. The van der Waals surface area contributed by atoms with Crippen LogP contribution in [0.4, 0.5) is 0 Å². The van der Waals surface area contributed by atoms with Crippen molar-refractivity contribution in [1.82, 2.24) is 9.80 Å². The summed E-state index contributed by atoms with van der Waals surface area (Å²) in [5.41, 5.74) is 0.930. The zero-order valence-corrected chi connectivity index (χ0v) is 22.7. The van der Waals surface area contributed by atoms with Crippen molar-refractivity contribution in [3.63, 3.8) is 0 Å². The van der Waals surface area contributed by atoms with Gasteiger partial charge in [0.25, 0.3) is 0 Å². The van der Waals surface area contributed by atoms with Crippen LogP contribution in [0.15, 0.2) is 0 Å². The van der Waals surface area contributed by atoms with Gasteiger partial charge in [-0.3, -0.25) is 9.80 Å². The smallest absolute Gasteiger partial charge is 0.143 e. The molecular formula is C27H54N2O5. The normalized spacial score (nSPS) is 33.0. The minimum atomic E-state index is -0.407. The third-order valence-electron chi connectivity index (χ3n) is 9.08. The molecule has 0 radical (unpaired) electrons. The maximum atomic E-state index is 10.4. The monoisotopic (exact) mass is 486 g/mol. The topological polar surface area (TPSA) is 85.6 Å². The minimum absolute atomic E-state index is 0.181. The fourth-order valence-electron chi connectivity index (χ4n) is 7.34. The van der Waals surface area contributed by atoms with Gasteiger partial charge in [-0.15, -0.1) is 0 Å². The maximum absolute atomic E-state index is 10.4. The van der Waals surface area contributed by atoms with Gasteiger partial charge in [-0.05, 0) is 54.3 Å². The Hall–Kier alpha value is -0.280. The third kappa shape index (κ3) is 8.39. The van der Waals surface area contributed by atoms with Crippen LogP contribution in [0.5, 0.6) is 0 Å². The molecule has 3 rings (SSSR count). The number of piperazine rings is 1. The Kier molecular flexibility index (Phi) is 12.7. The van der Waals surface area contributed by atoms with Crippen LogP contribution in [0.25, 0.3) is 0 Å². The highest BCUT2D eigenvalue weighted by atomic mass is 16.6. The molecule has 0 aromatic heterocycles. The van der Waals surface area contributed by atoms with E-state index < -0.39 is 6.10 Å². The van der Waals surface area contributed by atoms with E-state index in [-0.39, 0.29) is 13.4 Å². The van der Waals surface area contributed by atoms with Gasteiger partial charge in [0, 0.05) is 53.0 Å². The number of methoxy groups -OCH3 is 1. The second kappa shape index (κ2) is 14.5. The SMILES string of the molecule is CC1CCC2C(C)(C)CCCC2(C)C1CCOCC(O)CN1CCN(CCO)CC1.COCO. The van der Waals surface area contributed by atoms with E-state index in [1.165, 1.54) is 39.2 Å². The van der Waals surface area contributed by atoms with Crippen molar-refractivity contribution in [2.45, 2.75) is 72.3 Å². The van der Waals surface area contributed by atoms with Gasteiger partial charge in [0.05, 0.1) is 19.3 Å². The Labute approximate surface area is 208 Å². The van der Waals surface area contributed by atoms with Crippen molar-refractivity contribution in [2.75, 3.05) is 73.0 Å². The summed E-state index contributed by atoms with van der Waals surface area (Å²) in [5, 5.41) is 27.2. The van der Waals surface area contributed by atoms with Gasteiger partial charge >= 0.3 is 0 Å². The van der Waals surface area contributed by atoms with E-state index in [9.17, 15) is 5.11 Å². The van der Waals surface area contributed by atoms with Gasteiger partial charge in [-0.2, -0.15) is 0 Å². The zero-order valence-electron chi connectivity index (χ0n) is 22.7. The number of ether oxygens (including phenoxy) is 2. The minimum Gasteiger partial charge on any atom is -0.395 e. The first-order valence-electron chi connectivity index (χ1n) is 13.6. The molecular weight excluding hydrogens is 432 g/mol. The summed E-state index contributed by atoms with van der Waals surface area (Å²) in [6, 6.07) is 0. The number of rotatable bonds is 10. The van der Waals surface area contributed by atoms with E-state index in [1.807, 2.05) is 0 Å². The number of nitrogens with zero attached hydrogens (tertiary/aromatic N) is 2. The Morgan fingerprint density at radius 1 is 1.00 bits per heavy atom. The highest BCUT2D eigenvalue weighted by Gasteiger charge is 2.53. The van der Waals surface area contributed by atoms with Crippen molar-refractivity contribution in [2.24, 2.45) is 28.6 Å². The fourth-order valence-corrected chi connectivity index (χ4v) is 7.34. The lowest BCUT2D eigenvalue weighted by Crippen LogP contribution is -2.51. The number of aliphatic hydroxyl groups excluding tert-OH is 3. The standard InChI is InChI=1S/C25H48N2O3.C2H6O2/c1-20-6-7-23-24(2,3)9-5-10-25(23,4)22(20)8-17-30-19-21(29)18-27-13-11-26(12-14-27)15-16-28;1-4-2-3/h20-23,28-29H,5-19H2,1-4H3;3H,2H2,1H3. The molecule has 5 unspecified atom stereocenters. The molecule has 202 valence electrons. The molecule has 34 heavy (non-hydrogen) atoms. The molecule has 0 amide bonds. The molecule has 2 aliphatic carbocycles. The van der Waals surface area contributed by atoms with Crippen LogP contribution < -0.4 is 0 Å². The van der Waals surface area contributed by atoms with E-state index in [2.05, 4.69) is 42.2 Å². The Morgan fingerprint density at radius 2 is 1.65 bits per heavy atom. The first-order valence-corrected chi connectivity index (χ1v) is 13.6. The number of hydrogen-bond acceptors (Lipinski definition) is 7. The molecule has 0 aromatic rings.